The van der Waals surface area contributed by atoms with Crippen LogP contribution in [0.25, 0.3) is 0 Å². The molecule has 6 nitrogen and oxygen atoms in total. The highest BCUT2D eigenvalue weighted by atomic mass is 19.1. The summed E-state index contributed by atoms with van der Waals surface area (Å²) in [6.07, 6.45) is 3.56. The van der Waals surface area contributed by atoms with Crippen LogP contribution in [0.1, 0.15) is 50.0 Å². The number of hydrogen-bond donors (Lipinski definition) is 2. The highest BCUT2D eigenvalue weighted by molar-refractivity contribution is 5.94. The van der Waals surface area contributed by atoms with E-state index in [4.69, 9.17) is 0 Å². The number of aliphatic imine (C=N–C) groups is 1. The van der Waals surface area contributed by atoms with E-state index in [0.29, 0.717) is 19.5 Å². The van der Waals surface area contributed by atoms with E-state index >= 15 is 0 Å². The molecular formula is C26H38F2N4O2. The lowest BCUT2D eigenvalue weighted by Gasteiger charge is -2.43. The van der Waals surface area contributed by atoms with E-state index in [-0.39, 0.29) is 41.1 Å². The molecule has 1 aromatic carbocycles. The second kappa shape index (κ2) is 11.2. The molecule has 1 heterocycles. The number of nitrogens with one attached hydrogen (secondary N) is 2. The molecule has 0 saturated heterocycles. The number of carbonyl (C=O) groups excluding carboxylic acids is 2. The van der Waals surface area contributed by atoms with Gasteiger partial charge in [0.25, 0.3) is 5.91 Å². The van der Waals surface area contributed by atoms with Gasteiger partial charge in [-0.3, -0.25) is 14.6 Å². The SMILES string of the molecule is CNC(=O)c1ccc(C[C@@H](CNC(=O)C[C@H](C(C)(C)C)C2(C)C=C(F)C=NC2)N(C)C)cc1F. The normalized spacial score (nSPS) is 20.0. The molecule has 0 fully saturated rings. The van der Waals surface area contributed by atoms with Crippen LogP contribution in [-0.4, -0.2) is 63.2 Å². The van der Waals surface area contributed by atoms with Crippen molar-refractivity contribution in [3.63, 3.8) is 0 Å². The molecule has 2 N–H and O–H groups in total. The number of hydrogen-bond acceptors (Lipinski definition) is 4. The van der Waals surface area contributed by atoms with Crippen molar-refractivity contribution in [2.45, 2.75) is 46.6 Å². The first-order chi connectivity index (χ1) is 15.8. The van der Waals surface area contributed by atoms with Crippen molar-refractivity contribution in [3.05, 3.63) is 47.0 Å². The summed E-state index contributed by atoms with van der Waals surface area (Å²) in [5, 5.41) is 5.44. The fraction of sp³-hybridized carbons (Fsp3) is 0.577. The van der Waals surface area contributed by atoms with Gasteiger partial charge in [-0.2, -0.15) is 0 Å². The van der Waals surface area contributed by atoms with Gasteiger partial charge >= 0.3 is 0 Å². The predicted molar refractivity (Wildman–Crippen MR) is 132 cm³/mol. The number of rotatable bonds is 9. The fourth-order valence-corrected chi connectivity index (χ4v) is 4.67. The molecule has 0 radical (unpaired) electrons. The quantitative estimate of drug-likeness (QED) is 0.570. The Hall–Kier alpha value is -2.61. The highest BCUT2D eigenvalue weighted by Crippen LogP contribution is 2.45. The second-order valence-corrected chi connectivity index (χ2v) is 10.6. The number of likely N-dealkylation sites (N-methyl/N-ethyl adjacent to an activating group) is 1. The maximum Gasteiger partial charge on any atom is 0.253 e. The minimum absolute atomic E-state index is 0.000191. The third-order valence-corrected chi connectivity index (χ3v) is 6.59. The third-order valence-electron chi connectivity index (χ3n) is 6.59. The van der Waals surface area contributed by atoms with Crippen LogP contribution in [0.3, 0.4) is 0 Å². The zero-order valence-corrected chi connectivity index (χ0v) is 21.3. The number of dihydropyridines is 1. The molecule has 0 bridgehead atoms. The van der Waals surface area contributed by atoms with Crippen LogP contribution in [0.4, 0.5) is 8.78 Å². The molecule has 3 atom stereocenters. The zero-order valence-electron chi connectivity index (χ0n) is 21.3. The van der Waals surface area contributed by atoms with Crippen LogP contribution in [0.2, 0.25) is 0 Å². The molecule has 1 aromatic rings. The van der Waals surface area contributed by atoms with Crippen molar-refractivity contribution in [2.24, 2.45) is 21.7 Å². The van der Waals surface area contributed by atoms with Gasteiger partial charge in [0.1, 0.15) is 11.6 Å². The summed E-state index contributed by atoms with van der Waals surface area (Å²) in [5.74, 6) is -1.65. The van der Waals surface area contributed by atoms with Gasteiger partial charge in [-0.25, -0.2) is 8.78 Å². The second-order valence-electron chi connectivity index (χ2n) is 10.6. The Labute approximate surface area is 201 Å². The molecular weight excluding hydrogens is 438 g/mol. The molecule has 2 amide bonds. The van der Waals surface area contributed by atoms with Crippen molar-refractivity contribution in [1.82, 2.24) is 15.5 Å². The topological polar surface area (TPSA) is 73.8 Å². The first-order valence-electron chi connectivity index (χ1n) is 11.6. The van der Waals surface area contributed by atoms with Gasteiger partial charge in [-0.15, -0.1) is 0 Å². The number of halogens is 2. The van der Waals surface area contributed by atoms with Crippen molar-refractivity contribution in [3.8, 4) is 0 Å². The minimum atomic E-state index is -0.574. The molecule has 2 rings (SSSR count). The highest BCUT2D eigenvalue weighted by Gasteiger charge is 2.42. The lowest BCUT2D eigenvalue weighted by Crippen LogP contribution is -2.45. The third kappa shape index (κ3) is 7.19. The molecule has 188 valence electrons. The van der Waals surface area contributed by atoms with Crippen molar-refractivity contribution < 1.29 is 18.4 Å². The van der Waals surface area contributed by atoms with E-state index in [2.05, 4.69) is 36.4 Å². The van der Waals surface area contributed by atoms with E-state index in [1.807, 2.05) is 25.9 Å². The number of benzene rings is 1. The molecule has 34 heavy (non-hydrogen) atoms. The lowest BCUT2D eigenvalue weighted by molar-refractivity contribution is -0.124. The Bertz CT molecular complexity index is 953. The van der Waals surface area contributed by atoms with Gasteiger partial charge < -0.3 is 15.5 Å². The van der Waals surface area contributed by atoms with Crippen LogP contribution in [0.15, 0.2) is 35.1 Å². The summed E-state index contributed by atoms with van der Waals surface area (Å²) in [6, 6.07) is 4.49. The van der Waals surface area contributed by atoms with Crippen molar-refractivity contribution in [1.29, 1.82) is 0 Å². The number of nitrogens with zero attached hydrogens (tertiary/aromatic N) is 2. The van der Waals surface area contributed by atoms with Gasteiger partial charge in [-0.1, -0.05) is 33.8 Å². The fourth-order valence-electron chi connectivity index (χ4n) is 4.67. The van der Waals surface area contributed by atoms with Crippen molar-refractivity contribution >= 4 is 18.0 Å². The Morgan fingerprint density at radius 1 is 1.24 bits per heavy atom. The number of allylic oxidation sites excluding steroid dienone is 1. The van der Waals surface area contributed by atoms with Crippen LogP contribution in [0.5, 0.6) is 0 Å². The van der Waals surface area contributed by atoms with Gasteiger partial charge in [-0.05, 0) is 55.6 Å². The first kappa shape index (κ1) is 27.6. The Morgan fingerprint density at radius 2 is 1.91 bits per heavy atom. The van der Waals surface area contributed by atoms with Gasteiger partial charge in [0.05, 0.1) is 11.8 Å². The number of carbonyl (C=O) groups is 2. The molecule has 0 spiro atoms. The average Bonchev–Trinajstić information content (AvgIpc) is 2.73. The van der Waals surface area contributed by atoms with E-state index in [1.54, 1.807) is 12.1 Å². The largest absolute Gasteiger partial charge is 0.355 e. The van der Waals surface area contributed by atoms with Crippen LogP contribution in [-0.2, 0) is 11.2 Å². The van der Waals surface area contributed by atoms with E-state index in [9.17, 15) is 18.4 Å². The van der Waals surface area contributed by atoms with Crippen LogP contribution >= 0.6 is 0 Å². The van der Waals surface area contributed by atoms with Crippen LogP contribution < -0.4 is 10.6 Å². The Kier molecular flexibility index (Phi) is 9.11. The Morgan fingerprint density at radius 3 is 2.44 bits per heavy atom. The summed E-state index contributed by atoms with van der Waals surface area (Å²) in [6.45, 7) is 8.93. The summed E-state index contributed by atoms with van der Waals surface area (Å²) in [4.78, 5) is 30.8. The van der Waals surface area contributed by atoms with E-state index in [0.717, 1.165) is 5.56 Å². The minimum Gasteiger partial charge on any atom is -0.355 e. The lowest BCUT2D eigenvalue weighted by atomic mass is 9.62. The van der Waals surface area contributed by atoms with Gasteiger partial charge in [0, 0.05) is 38.0 Å². The summed E-state index contributed by atoms with van der Waals surface area (Å²) in [5.41, 5.74) is -0.0563. The van der Waals surface area contributed by atoms with E-state index < -0.39 is 17.1 Å². The maximum absolute atomic E-state index is 14.4. The van der Waals surface area contributed by atoms with Crippen molar-refractivity contribution in [2.75, 3.05) is 34.2 Å². The molecule has 0 aliphatic carbocycles. The van der Waals surface area contributed by atoms with E-state index in [1.165, 1.54) is 25.4 Å². The standard InChI is InChI=1S/C26H38F2N4O2/c1-25(2,3)22(26(4)13-18(27)14-30-16-26)12-23(33)31-15-19(32(6)7)10-17-8-9-20(21(28)11-17)24(34)29-5/h8-9,11,13-14,19,22H,10,12,15-16H2,1-7H3,(H,29,34)(H,31,33)/t19-,22+,26?/m0/s1. The monoisotopic (exact) mass is 476 g/mol. The summed E-state index contributed by atoms with van der Waals surface area (Å²) in [7, 11) is 5.26. The average molecular weight is 477 g/mol. The van der Waals surface area contributed by atoms with Gasteiger partial charge in [0.2, 0.25) is 5.91 Å². The molecule has 0 aromatic heterocycles. The zero-order chi connectivity index (χ0) is 25.7. The maximum atomic E-state index is 14.4. The first-order valence-corrected chi connectivity index (χ1v) is 11.6. The molecule has 1 unspecified atom stereocenters. The summed E-state index contributed by atoms with van der Waals surface area (Å²) < 4.78 is 28.4. The van der Waals surface area contributed by atoms with Crippen LogP contribution in [0, 0.1) is 22.6 Å². The summed E-state index contributed by atoms with van der Waals surface area (Å²) >= 11 is 0. The molecule has 0 saturated carbocycles. The van der Waals surface area contributed by atoms with Gasteiger partial charge in [0.15, 0.2) is 0 Å². The molecule has 1 aliphatic rings. The smallest absolute Gasteiger partial charge is 0.253 e. The molecule has 8 heteroatoms. The Balaban J connectivity index is 2.07. The predicted octanol–water partition coefficient (Wildman–Crippen LogP) is 3.77. The number of amides is 2. The molecule has 1 aliphatic heterocycles.